The maximum atomic E-state index is 13.1. The Morgan fingerprint density at radius 1 is 1.22 bits per heavy atom. The SMILES string of the molecule is Cc1cc(CNCCC2CCCCC2)ccc1F. The summed E-state index contributed by atoms with van der Waals surface area (Å²) in [7, 11) is 0. The maximum Gasteiger partial charge on any atom is 0.126 e. The largest absolute Gasteiger partial charge is 0.313 e. The molecule has 1 aromatic carbocycles. The minimum Gasteiger partial charge on any atom is -0.313 e. The summed E-state index contributed by atoms with van der Waals surface area (Å²) in [5.41, 5.74) is 1.92. The van der Waals surface area contributed by atoms with E-state index in [1.165, 1.54) is 44.1 Å². The fraction of sp³-hybridized carbons (Fsp3) is 0.625. The predicted octanol–water partition coefficient (Wildman–Crippen LogP) is 4.19. The Kier molecular flexibility index (Phi) is 5.18. The summed E-state index contributed by atoms with van der Waals surface area (Å²) in [6.07, 6.45) is 8.39. The molecule has 1 aromatic rings. The zero-order valence-electron chi connectivity index (χ0n) is 11.3. The lowest BCUT2D eigenvalue weighted by Gasteiger charge is -2.21. The Hall–Kier alpha value is -0.890. The molecule has 0 atom stereocenters. The van der Waals surface area contributed by atoms with Gasteiger partial charge in [0.25, 0.3) is 0 Å². The summed E-state index contributed by atoms with van der Waals surface area (Å²) in [6.45, 7) is 3.76. The lowest BCUT2D eigenvalue weighted by molar-refractivity contribution is 0.334. The van der Waals surface area contributed by atoms with Crippen LogP contribution in [0.1, 0.15) is 49.7 Å². The van der Waals surface area contributed by atoms with Crippen LogP contribution in [0.25, 0.3) is 0 Å². The van der Waals surface area contributed by atoms with Crippen molar-refractivity contribution in [3.63, 3.8) is 0 Å². The van der Waals surface area contributed by atoms with Gasteiger partial charge in [-0.2, -0.15) is 0 Å². The van der Waals surface area contributed by atoms with Crippen LogP contribution in [0, 0.1) is 18.7 Å². The highest BCUT2D eigenvalue weighted by atomic mass is 19.1. The van der Waals surface area contributed by atoms with Crippen molar-refractivity contribution in [2.75, 3.05) is 6.54 Å². The van der Waals surface area contributed by atoms with Gasteiger partial charge in [0.1, 0.15) is 5.82 Å². The molecule has 1 nitrogen and oxygen atoms in total. The molecule has 2 heteroatoms. The molecule has 0 aliphatic heterocycles. The van der Waals surface area contributed by atoms with Gasteiger partial charge in [0, 0.05) is 6.54 Å². The first-order chi connectivity index (χ1) is 8.75. The third-order valence-electron chi connectivity index (χ3n) is 4.01. The molecule has 1 N–H and O–H groups in total. The Morgan fingerprint density at radius 3 is 2.72 bits per heavy atom. The quantitative estimate of drug-likeness (QED) is 0.771. The van der Waals surface area contributed by atoms with Crippen molar-refractivity contribution in [2.24, 2.45) is 5.92 Å². The molecule has 1 fully saturated rings. The van der Waals surface area contributed by atoms with Crippen molar-refractivity contribution in [3.8, 4) is 0 Å². The zero-order chi connectivity index (χ0) is 12.8. The number of hydrogen-bond donors (Lipinski definition) is 1. The number of hydrogen-bond acceptors (Lipinski definition) is 1. The molecule has 0 unspecified atom stereocenters. The monoisotopic (exact) mass is 249 g/mol. The summed E-state index contributed by atoms with van der Waals surface area (Å²) < 4.78 is 13.1. The normalized spacial score (nSPS) is 17.0. The number of nitrogens with one attached hydrogen (secondary N) is 1. The van der Waals surface area contributed by atoms with E-state index in [1.54, 1.807) is 6.07 Å². The molecule has 2 rings (SSSR count). The fourth-order valence-electron chi connectivity index (χ4n) is 2.83. The van der Waals surface area contributed by atoms with Crippen molar-refractivity contribution < 1.29 is 4.39 Å². The molecular weight excluding hydrogens is 225 g/mol. The second-order valence-electron chi connectivity index (χ2n) is 5.55. The third-order valence-corrected chi connectivity index (χ3v) is 4.01. The van der Waals surface area contributed by atoms with E-state index in [4.69, 9.17) is 0 Å². The van der Waals surface area contributed by atoms with E-state index in [2.05, 4.69) is 5.32 Å². The van der Waals surface area contributed by atoms with E-state index >= 15 is 0 Å². The van der Waals surface area contributed by atoms with Gasteiger partial charge in [-0.1, -0.05) is 44.2 Å². The molecule has 0 aromatic heterocycles. The minimum atomic E-state index is -0.110. The summed E-state index contributed by atoms with van der Waals surface area (Å²) in [5, 5.41) is 3.47. The molecule has 1 saturated carbocycles. The van der Waals surface area contributed by atoms with Crippen LogP contribution >= 0.6 is 0 Å². The predicted molar refractivity (Wildman–Crippen MR) is 74.0 cm³/mol. The Bertz CT molecular complexity index is 369. The average Bonchev–Trinajstić information content (AvgIpc) is 2.40. The van der Waals surface area contributed by atoms with Crippen LogP contribution in [-0.2, 0) is 6.54 Å². The first-order valence-electron chi connectivity index (χ1n) is 7.21. The van der Waals surface area contributed by atoms with Crippen molar-refractivity contribution >= 4 is 0 Å². The van der Waals surface area contributed by atoms with E-state index < -0.39 is 0 Å². The third kappa shape index (κ3) is 4.09. The second-order valence-corrected chi connectivity index (χ2v) is 5.55. The van der Waals surface area contributed by atoms with Crippen molar-refractivity contribution in [1.29, 1.82) is 0 Å². The first kappa shape index (κ1) is 13.5. The first-order valence-corrected chi connectivity index (χ1v) is 7.21. The molecule has 0 radical (unpaired) electrons. The van der Waals surface area contributed by atoms with Gasteiger partial charge in [0.15, 0.2) is 0 Å². The molecule has 0 bridgehead atoms. The molecule has 0 saturated heterocycles. The van der Waals surface area contributed by atoms with Crippen LogP contribution in [0.15, 0.2) is 18.2 Å². The lowest BCUT2D eigenvalue weighted by atomic mass is 9.87. The van der Waals surface area contributed by atoms with Gasteiger partial charge in [0.05, 0.1) is 0 Å². The standard InChI is InChI=1S/C16H24FN/c1-13-11-15(7-8-16(13)17)12-18-10-9-14-5-3-2-4-6-14/h7-8,11,14,18H,2-6,9-10,12H2,1H3. The average molecular weight is 249 g/mol. The van der Waals surface area contributed by atoms with Crippen molar-refractivity contribution in [1.82, 2.24) is 5.32 Å². The molecule has 1 aliphatic carbocycles. The topological polar surface area (TPSA) is 12.0 Å². The highest BCUT2D eigenvalue weighted by Crippen LogP contribution is 2.25. The number of rotatable bonds is 5. The molecule has 0 heterocycles. The molecular formula is C16H24FN. The summed E-state index contributed by atoms with van der Waals surface area (Å²) in [4.78, 5) is 0. The van der Waals surface area contributed by atoms with Crippen molar-refractivity contribution in [3.05, 3.63) is 35.1 Å². The Morgan fingerprint density at radius 2 is 2.00 bits per heavy atom. The molecule has 100 valence electrons. The number of aryl methyl sites for hydroxylation is 1. The highest BCUT2D eigenvalue weighted by Gasteiger charge is 2.12. The number of halogens is 1. The molecule has 18 heavy (non-hydrogen) atoms. The van der Waals surface area contributed by atoms with E-state index in [0.717, 1.165) is 24.6 Å². The smallest absolute Gasteiger partial charge is 0.126 e. The van der Waals surface area contributed by atoms with Gasteiger partial charge in [-0.15, -0.1) is 0 Å². The Labute approximate surface area is 110 Å². The summed E-state index contributed by atoms with van der Waals surface area (Å²) in [6, 6.07) is 5.37. The number of benzene rings is 1. The molecule has 0 spiro atoms. The van der Waals surface area contributed by atoms with Crippen LogP contribution in [0.2, 0.25) is 0 Å². The second kappa shape index (κ2) is 6.89. The van der Waals surface area contributed by atoms with Crippen LogP contribution in [-0.4, -0.2) is 6.54 Å². The van der Waals surface area contributed by atoms with Crippen molar-refractivity contribution in [2.45, 2.75) is 52.0 Å². The fourth-order valence-corrected chi connectivity index (χ4v) is 2.83. The van der Waals surface area contributed by atoms with Gasteiger partial charge in [-0.25, -0.2) is 4.39 Å². The van der Waals surface area contributed by atoms with E-state index in [1.807, 2.05) is 19.1 Å². The summed E-state index contributed by atoms with van der Waals surface area (Å²) in [5.74, 6) is 0.821. The van der Waals surface area contributed by atoms with Gasteiger partial charge >= 0.3 is 0 Å². The minimum absolute atomic E-state index is 0.110. The van der Waals surface area contributed by atoms with Crippen LogP contribution in [0.5, 0.6) is 0 Å². The van der Waals surface area contributed by atoms with Crippen LogP contribution in [0.4, 0.5) is 4.39 Å². The van der Waals surface area contributed by atoms with Gasteiger partial charge in [-0.05, 0) is 43.0 Å². The molecule has 0 amide bonds. The highest BCUT2D eigenvalue weighted by molar-refractivity contribution is 5.23. The zero-order valence-corrected chi connectivity index (χ0v) is 11.3. The van der Waals surface area contributed by atoms with E-state index in [9.17, 15) is 4.39 Å². The van der Waals surface area contributed by atoms with Gasteiger partial charge < -0.3 is 5.32 Å². The van der Waals surface area contributed by atoms with E-state index in [0.29, 0.717) is 0 Å². The van der Waals surface area contributed by atoms with Crippen LogP contribution < -0.4 is 5.32 Å². The lowest BCUT2D eigenvalue weighted by Crippen LogP contribution is -2.19. The van der Waals surface area contributed by atoms with E-state index in [-0.39, 0.29) is 5.82 Å². The van der Waals surface area contributed by atoms with Crippen LogP contribution in [0.3, 0.4) is 0 Å². The Balaban J connectivity index is 1.66. The van der Waals surface area contributed by atoms with Gasteiger partial charge in [0.2, 0.25) is 0 Å². The molecule has 1 aliphatic rings. The maximum absolute atomic E-state index is 13.1. The van der Waals surface area contributed by atoms with Gasteiger partial charge in [-0.3, -0.25) is 0 Å². The summed E-state index contributed by atoms with van der Waals surface area (Å²) >= 11 is 0.